The number of benzene rings is 1. The first-order chi connectivity index (χ1) is 9.88. The second-order valence-corrected chi connectivity index (χ2v) is 8.09. The molecule has 2 heterocycles. The summed E-state index contributed by atoms with van der Waals surface area (Å²) in [6, 6.07) is 6.80. The normalized spacial score (nSPS) is 17.6. The molecule has 0 spiro atoms. The van der Waals surface area contributed by atoms with Crippen LogP contribution in [0.2, 0.25) is 5.02 Å². The fraction of sp³-hybridized carbons (Fsp3) is 0.231. The molecule has 2 aromatic rings. The predicted molar refractivity (Wildman–Crippen MR) is 83.3 cm³/mol. The fourth-order valence-electron chi connectivity index (χ4n) is 2.33. The largest absolute Gasteiger partial charge is 0.488 e. The summed E-state index contributed by atoms with van der Waals surface area (Å²) in [6.07, 6.45) is 0.627. The van der Waals surface area contributed by atoms with Crippen LogP contribution in [-0.4, -0.2) is 21.1 Å². The number of rotatable bonds is 3. The zero-order valence-electron chi connectivity index (χ0n) is 10.9. The van der Waals surface area contributed by atoms with Crippen LogP contribution in [0, 0.1) is 0 Å². The molecule has 0 aliphatic carbocycles. The van der Waals surface area contributed by atoms with E-state index in [0.29, 0.717) is 18.0 Å². The van der Waals surface area contributed by atoms with Gasteiger partial charge in [0.25, 0.3) is 0 Å². The van der Waals surface area contributed by atoms with Crippen molar-refractivity contribution in [2.75, 3.05) is 6.54 Å². The molecular formula is C13H13ClN2O3S2. The summed E-state index contributed by atoms with van der Waals surface area (Å²) < 4.78 is 28.7. The van der Waals surface area contributed by atoms with E-state index in [-0.39, 0.29) is 10.3 Å². The predicted octanol–water partition coefficient (Wildman–Crippen LogP) is 1.98. The highest BCUT2D eigenvalue weighted by molar-refractivity contribution is 7.91. The van der Waals surface area contributed by atoms with Gasteiger partial charge >= 0.3 is 0 Å². The Morgan fingerprint density at radius 3 is 2.76 bits per heavy atom. The van der Waals surface area contributed by atoms with Gasteiger partial charge in [0, 0.05) is 34.0 Å². The fourth-order valence-corrected chi connectivity index (χ4v) is 4.31. The molecule has 1 aromatic carbocycles. The summed E-state index contributed by atoms with van der Waals surface area (Å²) in [4.78, 5) is 0.746. The minimum Gasteiger partial charge on any atom is -0.488 e. The van der Waals surface area contributed by atoms with Gasteiger partial charge in [-0.3, -0.25) is 0 Å². The number of primary sulfonamides is 1. The lowest BCUT2D eigenvalue weighted by Gasteiger charge is -2.10. The average molecular weight is 345 g/mol. The van der Waals surface area contributed by atoms with Crippen LogP contribution in [0.25, 0.3) is 10.4 Å². The molecular weight excluding hydrogens is 332 g/mol. The molecule has 1 atom stereocenters. The van der Waals surface area contributed by atoms with Crippen molar-refractivity contribution in [3.63, 3.8) is 0 Å². The molecule has 1 aliphatic heterocycles. The molecule has 4 N–H and O–H groups in total. The first-order valence-corrected chi connectivity index (χ1v) is 8.94. The van der Waals surface area contributed by atoms with E-state index in [0.717, 1.165) is 33.1 Å². The lowest BCUT2D eigenvalue weighted by atomic mass is 10.1. The lowest BCUT2D eigenvalue weighted by molar-refractivity contribution is 0.242. The van der Waals surface area contributed by atoms with Gasteiger partial charge < -0.3 is 10.5 Å². The summed E-state index contributed by atoms with van der Waals surface area (Å²) in [5.74, 6) is 0.720. The van der Waals surface area contributed by atoms with E-state index in [1.807, 2.05) is 6.07 Å². The van der Waals surface area contributed by atoms with Gasteiger partial charge in [-0.25, -0.2) is 13.6 Å². The molecule has 0 bridgehead atoms. The Morgan fingerprint density at radius 1 is 1.38 bits per heavy atom. The zero-order chi connectivity index (χ0) is 15.2. The van der Waals surface area contributed by atoms with Gasteiger partial charge in [0.15, 0.2) is 0 Å². The molecule has 0 saturated carbocycles. The Morgan fingerprint density at radius 2 is 2.14 bits per heavy atom. The van der Waals surface area contributed by atoms with E-state index in [1.165, 1.54) is 6.07 Å². The molecule has 21 heavy (non-hydrogen) atoms. The second-order valence-electron chi connectivity index (χ2n) is 4.78. The Bertz CT molecular complexity index is 802. The summed E-state index contributed by atoms with van der Waals surface area (Å²) >= 11 is 7.23. The number of thiophene rings is 1. The Labute approximate surface area is 131 Å². The number of fused-ring (bicyclic) bond motifs is 1. The minimum atomic E-state index is -3.70. The van der Waals surface area contributed by atoms with E-state index >= 15 is 0 Å². The van der Waals surface area contributed by atoms with E-state index in [4.69, 9.17) is 27.2 Å². The molecule has 1 unspecified atom stereocenters. The average Bonchev–Trinajstić information content (AvgIpc) is 3.03. The Kier molecular flexibility index (Phi) is 3.71. The van der Waals surface area contributed by atoms with Crippen molar-refractivity contribution in [1.82, 2.24) is 0 Å². The van der Waals surface area contributed by atoms with Crippen molar-refractivity contribution in [3.8, 4) is 16.2 Å². The van der Waals surface area contributed by atoms with Gasteiger partial charge in [-0.05, 0) is 24.3 Å². The van der Waals surface area contributed by atoms with E-state index < -0.39 is 10.0 Å². The number of sulfonamides is 1. The maximum absolute atomic E-state index is 11.4. The molecule has 0 amide bonds. The smallest absolute Gasteiger partial charge is 0.247 e. The number of ether oxygens (including phenoxy) is 1. The highest BCUT2D eigenvalue weighted by atomic mass is 35.5. The van der Waals surface area contributed by atoms with Gasteiger partial charge in [0.05, 0.1) is 0 Å². The summed E-state index contributed by atoms with van der Waals surface area (Å²) in [7, 11) is -3.70. The monoisotopic (exact) mass is 344 g/mol. The maximum atomic E-state index is 11.4. The van der Waals surface area contributed by atoms with Crippen LogP contribution in [-0.2, 0) is 16.4 Å². The van der Waals surface area contributed by atoms with Crippen LogP contribution < -0.4 is 15.6 Å². The molecule has 112 valence electrons. The van der Waals surface area contributed by atoms with Crippen molar-refractivity contribution in [2.24, 2.45) is 10.9 Å². The Hall–Kier alpha value is -1.12. The van der Waals surface area contributed by atoms with Gasteiger partial charge in [-0.1, -0.05) is 11.6 Å². The molecule has 1 aromatic heterocycles. The highest BCUT2D eigenvalue weighted by Crippen LogP contribution is 2.43. The van der Waals surface area contributed by atoms with Gasteiger partial charge in [-0.15, -0.1) is 11.3 Å². The highest BCUT2D eigenvalue weighted by Gasteiger charge is 2.26. The van der Waals surface area contributed by atoms with Crippen molar-refractivity contribution in [2.45, 2.75) is 16.7 Å². The standard InChI is InChI=1S/C13H13ClN2O3S2/c14-8-3-7-4-9(6-15)19-13(7)10(5-8)11-1-2-12(20-11)21(16,17)18/h1-3,5,9H,4,6,15H2,(H2,16,17,18). The van der Waals surface area contributed by atoms with Gasteiger partial charge in [0.2, 0.25) is 10.0 Å². The van der Waals surface area contributed by atoms with Crippen LogP contribution >= 0.6 is 22.9 Å². The molecule has 5 nitrogen and oxygen atoms in total. The molecule has 8 heteroatoms. The summed E-state index contributed by atoms with van der Waals surface area (Å²) in [6.45, 7) is 0.415. The Balaban J connectivity index is 2.10. The SMILES string of the molecule is NCC1Cc2cc(Cl)cc(-c3ccc(S(N)(=O)=O)s3)c2O1. The maximum Gasteiger partial charge on any atom is 0.247 e. The quantitative estimate of drug-likeness (QED) is 0.889. The van der Waals surface area contributed by atoms with Crippen molar-refractivity contribution in [3.05, 3.63) is 34.9 Å². The van der Waals surface area contributed by atoms with Crippen LogP contribution in [0.15, 0.2) is 28.5 Å². The summed E-state index contributed by atoms with van der Waals surface area (Å²) in [5.41, 5.74) is 7.41. The van der Waals surface area contributed by atoms with Crippen molar-refractivity contribution >= 4 is 33.0 Å². The first kappa shape index (κ1) is 14.8. The van der Waals surface area contributed by atoms with Crippen molar-refractivity contribution < 1.29 is 13.2 Å². The number of halogens is 1. The lowest BCUT2D eigenvalue weighted by Crippen LogP contribution is -2.24. The molecule has 0 radical (unpaired) electrons. The third kappa shape index (κ3) is 2.79. The topological polar surface area (TPSA) is 95.4 Å². The number of hydrogen-bond acceptors (Lipinski definition) is 5. The van der Waals surface area contributed by atoms with Crippen molar-refractivity contribution in [1.29, 1.82) is 0 Å². The molecule has 0 fully saturated rings. The molecule has 0 saturated heterocycles. The molecule has 1 aliphatic rings. The molecule has 3 rings (SSSR count). The number of hydrogen-bond donors (Lipinski definition) is 2. The van der Waals surface area contributed by atoms with Crippen LogP contribution in [0.5, 0.6) is 5.75 Å². The van der Waals surface area contributed by atoms with Crippen LogP contribution in [0.1, 0.15) is 5.56 Å². The first-order valence-electron chi connectivity index (χ1n) is 6.20. The second kappa shape index (κ2) is 5.26. The van der Waals surface area contributed by atoms with Gasteiger partial charge in [0.1, 0.15) is 16.1 Å². The van der Waals surface area contributed by atoms with E-state index in [9.17, 15) is 8.42 Å². The van der Waals surface area contributed by atoms with Gasteiger partial charge in [-0.2, -0.15) is 0 Å². The van der Waals surface area contributed by atoms with Crippen LogP contribution in [0.4, 0.5) is 0 Å². The minimum absolute atomic E-state index is 0.0742. The number of nitrogens with two attached hydrogens (primary N) is 2. The zero-order valence-corrected chi connectivity index (χ0v) is 13.3. The third-order valence-corrected chi connectivity index (χ3v) is 6.03. The summed E-state index contributed by atoms with van der Waals surface area (Å²) in [5, 5.41) is 5.72. The van der Waals surface area contributed by atoms with E-state index in [1.54, 1.807) is 12.1 Å². The third-order valence-electron chi connectivity index (χ3n) is 3.25. The van der Waals surface area contributed by atoms with Crippen LogP contribution in [0.3, 0.4) is 0 Å². The van der Waals surface area contributed by atoms with E-state index in [2.05, 4.69) is 0 Å².